The van der Waals surface area contributed by atoms with E-state index in [0.29, 0.717) is 22.4 Å². The molecule has 0 aliphatic rings. The molecule has 0 fully saturated rings. The van der Waals surface area contributed by atoms with Gasteiger partial charge in [-0.05, 0) is 11.6 Å². The molecule has 0 spiro atoms. The lowest BCUT2D eigenvalue weighted by Crippen LogP contribution is -2.18. The van der Waals surface area contributed by atoms with E-state index in [-0.39, 0.29) is 17.4 Å². The Morgan fingerprint density at radius 3 is 3.00 bits per heavy atom. The lowest BCUT2D eigenvalue weighted by molar-refractivity contribution is -0.113. The predicted octanol–water partition coefficient (Wildman–Crippen LogP) is 3.43. The number of carbonyl (C=O) groups is 1. The maximum Gasteiger partial charge on any atom is 0.235 e. The molecule has 1 aromatic carbocycles. The Morgan fingerprint density at radius 2 is 2.23 bits per heavy atom. The van der Waals surface area contributed by atoms with Crippen LogP contribution in [0.4, 0.5) is 5.82 Å². The summed E-state index contributed by atoms with van der Waals surface area (Å²) in [6.07, 6.45) is 1.59. The van der Waals surface area contributed by atoms with Crippen LogP contribution in [0.3, 0.4) is 0 Å². The van der Waals surface area contributed by atoms with Gasteiger partial charge in [0.1, 0.15) is 5.82 Å². The van der Waals surface area contributed by atoms with Gasteiger partial charge in [0, 0.05) is 6.07 Å². The first-order valence-corrected chi connectivity index (χ1v) is 8.22. The summed E-state index contributed by atoms with van der Waals surface area (Å²) in [6.45, 7) is 0.396. The molecule has 2 aromatic rings. The van der Waals surface area contributed by atoms with Crippen LogP contribution in [0.5, 0.6) is 0 Å². The quantitative estimate of drug-likeness (QED) is 0.806. The number of carbonyl (C=O) groups excluding carboxylic acids is 1. The molecule has 0 radical (unpaired) electrons. The molecule has 0 bridgehead atoms. The number of nitrogens with zero attached hydrogens (tertiary/aromatic N) is 3. The summed E-state index contributed by atoms with van der Waals surface area (Å²) in [5.41, 5.74) is 0.812. The monoisotopic (exact) mass is 354 g/mol. The molecule has 0 aliphatic carbocycles. The number of rotatable bonds is 6. The maximum absolute atomic E-state index is 11.8. The zero-order chi connectivity index (χ0) is 15.9. The summed E-state index contributed by atoms with van der Waals surface area (Å²) in [5.74, 6) is 0.888. The molecule has 5 nitrogen and oxygen atoms in total. The van der Waals surface area contributed by atoms with E-state index in [1.165, 1.54) is 11.8 Å². The average Bonchev–Trinajstić information content (AvgIpc) is 2.91. The van der Waals surface area contributed by atoms with Crippen molar-refractivity contribution in [2.75, 3.05) is 16.8 Å². The SMILES string of the molecule is N#CCSCC(=O)Nc1ccnn1Cc1cccc(Cl)c1Cl. The van der Waals surface area contributed by atoms with Gasteiger partial charge in [-0.1, -0.05) is 35.3 Å². The van der Waals surface area contributed by atoms with Crippen LogP contribution in [0, 0.1) is 11.3 Å². The highest BCUT2D eigenvalue weighted by atomic mass is 35.5. The van der Waals surface area contributed by atoms with E-state index < -0.39 is 0 Å². The van der Waals surface area contributed by atoms with Gasteiger partial charge in [0.05, 0.1) is 40.4 Å². The molecule has 1 N–H and O–H groups in total. The van der Waals surface area contributed by atoms with E-state index in [0.717, 1.165) is 5.56 Å². The number of hydrogen-bond acceptors (Lipinski definition) is 4. The van der Waals surface area contributed by atoms with Crippen molar-refractivity contribution >= 4 is 46.7 Å². The molecule has 0 unspecified atom stereocenters. The number of anilines is 1. The Labute approximate surface area is 142 Å². The topological polar surface area (TPSA) is 70.7 Å². The molecular weight excluding hydrogens is 343 g/mol. The molecule has 0 atom stereocenters. The third-order valence-corrected chi connectivity index (χ3v) is 4.39. The molecule has 0 saturated carbocycles. The van der Waals surface area contributed by atoms with Gasteiger partial charge in [0.15, 0.2) is 0 Å². The summed E-state index contributed by atoms with van der Waals surface area (Å²) in [5, 5.41) is 16.3. The number of benzene rings is 1. The van der Waals surface area contributed by atoms with Gasteiger partial charge in [-0.3, -0.25) is 4.79 Å². The Hall–Kier alpha value is -1.68. The number of hydrogen-bond donors (Lipinski definition) is 1. The average molecular weight is 355 g/mol. The molecule has 1 amide bonds. The van der Waals surface area contributed by atoms with Crippen molar-refractivity contribution in [3.05, 3.63) is 46.1 Å². The zero-order valence-electron chi connectivity index (χ0n) is 11.4. The Balaban J connectivity index is 2.05. The van der Waals surface area contributed by atoms with Gasteiger partial charge < -0.3 is 5.32 Å². The van der Waals surface area contributed by atoms with Gasteiger partial charge in [-0.2, -0.15) is 10.4 Å². The van der Waals surface area contributed by atoms with Crippen LogP contribution in [0.25, 0.3) is 0 Å². The highest BCUT2D eigenvalue weighted by Crippen LogP contribution is 2.26. The van der Waals surface area contributed by atoms with E-state index in [9.17, 15) is 4.79 Å². The van der Waals surface area contributed by atoms with Gasteiger partial charge in [0.25, 0.3) is 0 Å². The largest absolute Gasteiger partial charge is 0.310 e. The normalized spacial score (nSPS) is 10.2. The first-order chi connectivity index (χ1) is 10.6. The summed E-state index contributed by atoms with van der Waals surface area (Å²) in [7, 11) is 0. The summed E-state index contributed by atoms with van der Waals surface area (Å²) >= 11 is 13.4. The summed E-state index contributed by atoms with van der Waals surface area (Å²) < 4.78 is 1.63. The lowest BCUT2D eigenvalue weighted by Gasteiger charge is -2.10. The number of halogens is 2. The molecule has 1 aromatic heterocycles. The molecule has 114 valence electrons. The van der Waals surface area contributed by atoms with Crippen molar-refractivity contribution in [1.29, 1.82) is 5.26 Å². The van der Waals surface area contributed by atoms with E-state index in [4.69, 9.17) is 28.5 Å². The molecular formula is C14H12Cl2N4OS. The number of aromatic nitrogens is 2. The fourth-order valence-corrected chi connectivity index (χ4v) is 2.60. The number of nitriles is 1. The van der Waals surface area contributed by atoms with Crippen LogP contribution >= 0.6 is 35.0 Å². The van der Waals surface area contributed by atoms with Crippen LogP contribution in [-0.4, -0.2) is 27.2 Å². The van der Waals surface area contributed by atoms with Gasteiger partial charge >= 0.3 is 0 Å². The van der Waals surface area contributed by atoms with Crippen LogP contribution in [0.1, 0.15) is 5.56 Å². The van der Waals surface area contributed by atoms with Gasteiger partial charge in [-0.15, -0.1) is 11.8 Å². The molecule has 1 heterocycles. The van der Waals surface area contributed by atoms with Crippen molar-refractivity contribution < 1.29 is 4.79 Å². The van der Waals surface area contributed by atoms with Crippen molar-refractivity contribution in [3.63, 3.8) is 0 Å². The van der Waals surface area contributed by atoms with Crippen LogP contribution in [-0.2, 0) is 11.3 Å². The van der Waals surface area contributed by atoms with Crippen molar-refractivity contribution in [2.45, 2.75) is 6.54 Å². The van der Waals surface area contributed by atoms with E-state index >= 15 is 0 Å². The van der Waals surface area contributed by atoms with E-state index in [1.807, 2.05) is 18.2 Å². The third kappa shape index (κ3) is 4.41. The van der Waals surface area contributed by atoms with Gasteiger partial charge in [-0.25, -0.2) is 4.68 Å². The second-order valence-corrected chi connectivity index (χ2v) is 6.06. The van der Waals surface area contributed by atoms with E-state index in [2.05, 4.69) is 10.4 Å². The minimum Gasteiger partial charge on any atom is -0.310 e. The molecule has 0 aliphatic heterocycles. The van der Waals surface area contributed by atoms with Crippen LogP contribution in [0.2, 0.25) is 10.0 Å². The summed E-state index contributed by atoms with van der Waals surface area (Å²) in [6, 6.07) is 9.05. The van der Waals surface area contributed by atoms with Crippen LogP contribution < -0.4 is 5.32 Å². The van der Waals surface area contributed by atoms with Crippen molar-refractivity contribution in [3.8, 4) is 6.07 Å². The van der Waals surface area contributed by atoms with Crippen LogP contribution in [0.15, 0.2) is 30.5 Å². The number of thioether (sulfide) groups is 1. The van der Waals surface area contributed by atoms with Crippen molar-refractivity contribution in [1.82, 2.24) is 9.78 Å². The highest BCUT2D eigenvalue weighted by Gasteiger charge is 2.10. The molecule has 2 rings (SSSR count). The Morgan fingerprint density at radius 1 is 1.41 bits per heavy atom. The predicted molar refractivity (Wildman–Crippen MR) is 89.4 cm³/mol. The Kier molecular flexibility index (Phi) is 6.13. The lowest BCUT2D eigenvalue weighted by atomic mass is 10.2. The minimum atomic E-state index is -0.181. The highest BCUT2D eigenvalue weighted by molar-refractivity contribution is 8.00. The summed E-state index contributed by atoms with van der Waals surface area (Å²) in [4.78, 5) is 11.8. The number of nitrogens with one attached hydrogen (secondary N) is 1. The van der Waals surface area contributed by atoms with Gasteiger partial charge in [0.2, 0.25) is 5.91 Å². The standard InChI is InChI=1S/C14H12Cl2N4OS/c15-11-3-1-2-10(14(11)16)8-20-12(4-6-18-20)19-13(21)9-22-7-5-17/h1-4,6H,7-9H2,(H,19,21). The number of amides is 1. The second-order valence-electron chi connectivity index (χ2n) is 4.29. The molecule has 22 heavy (non-hydrogen) atoms. The third-order valence-electron chi connectivity index (χ3n) is 2.74. The first kappa shape index (κ1) is 16.7. The Bertz CT molecular complexity index is 711. The van der Waals surface area contributed by atoms with E-state index in [1.54, 1.807) is 23.0 Å². The van der Waals surface area contributed by atoms with Crippen molar-refractivity contribution in [2.24, 2.45) is 0 Å². The molecule has 0 saturated heterocycles. The maximum atomic E-state index is 11.8. The first-order valence-electron chi connectivity index (χ1n) is 6.31. The molecule has 8 heteroatoms. The fourth-order valence-electron chi connectivity index (χ4n) is 1.77. The zero-order valence-corrected chi connectivity index (χ0v) is 13.8. The smallest absolute Gasteiger partial charge is 0.235 e. The second kappa shape index (κ2) is 8.08. The minimum absolute atomic E-state index is 0.181. The fraction of sp³-hybridized carbons (Fsp3) is 0.214.